The van der Waals surface area contributed by atoms with E-state index in [1.807, 2.05) is 78.9 Å². The van der Waals surface area contributed by atoms with E-state index in [-0.39, 0.29) is 12.2 Å². The van der Waals surface area contributed by atoms with Gasteiger partial charge in [-0.2, -0.15) is 5.26 Å². The zero-order valence-electron chi connectivity index (χ0n) is 16.2. The van der Waals surface area contributed by atoms with E-state index in [0.29, 0.717) is 5.75 Å². The molecular formula is C25H20N2O3. The van der Waals surface area contributed by atoms with Crippen molar-refractivity contribution in [2.24, 2.45) is 0 Å². The van der Waals surface area contributed by atoms with E-state index in [1.165, 1.54) is 6.08 Å². The van der Waals surface area contributed by atoms with Crippen LogP contribution in [0.5, 0.6) is 5.75 Å². The van der Waals surface area contributed by atoms with Crippen LogP contribution in [-0.2, 0) is 4.79 Å². The van der Waals surface area contributed by atoms with Crippen LogP contribution in [0.3, 0.4) is 0 Å². The van der Waals surface area contributed by atoms with Crippen LogP contribution in [0.15, 0.2) is 97.1 Å². The number of nitrogens with zero attached hydrogens (tertiary/aromatic N) is 2. The van der Waals surface area contributed by atoms with Crippen molar-refractivity contribution in [3.8, 4) is 11.8 Å². The third-order valence-corrected chi connectivity index (χ3v) is 4.38. The monoisotopic (exact) mass is 396 g/mol. The van der Waals surface area contributed by atoms with Crippen LogP contribution in [0.1, 0.15) is 5.56 Å². The summed E-state index contributed by atoms with van der Waals surface area (Å²) in [6.07, 6.45) is 2.91. The number of carboxylic acid groups (broad SMARTS) is 1. The summed E-state index contributed by atoms with van der Waals surface area (Å²) in [5.74, 6) is -0.739. The molecule has 0 bridgehead atoms. The van der Waals surface area contributed by atoms with Gasteiger partial charge in [-0.05, 0) is 42.5 Å². The molecule has 1 N–H and O–H groups in total. The van der Waals surface area contributed by atoms with Gasteiger partial charge in [-0.15, -0.1) is 0 Å². The summed E-state index contributed by atoms with van der Waals surface area (Å²) in [6, 6.07) is 27.3. The van der Waals surface area contributed by atoms with Crippen LogP contribution < -0.4 is 9.64 Å². The maximum absolute atomic E-state index is 11.0. The van der Waals surface area contributed by atoms with Gasteiger partial charge in [-0.3, -0.25) is 0 Å². The topological polar surface area (TPSA) is 73.6 Å². The second kappa shape index (κ2) is 9.76. The van der Waals surface area contributed by atoms with Crippen LogP contribution >= 0.6 is 0 Å². The molecule has 3 rings (SSSR count). The van der Waals surface area contributed by atoms with Gasteiger partial charge >= 0.3 is 5.97 Å². The quantitative estimate of drug-likeness (QED) is 0.390. The number of aliphatic carboxylic acids is 1. The van der Waals surface area contributed by atoms with Crippen molar-refractivity contribution in [3.05, 3.63) is 103 Å². The molecule has 0 saturated heterocycles. The van der Waals surface area contributed by atoms with Crippen LogP contribution in [0, 0.1) is 11.3 Å². The number of para-hydroxylation sites is 2. The van der Waals surface area contributed by atoms with Crippen molar-refractivity contribution in [1.82, 2.24) is 0 Å². The van der Waals surface area contributed by atoms with E-state index < -0.39 is 5.97 Å². The number of nitriles is 1. The van der Waals surface area contributed by atoms with Gasteiger partial charge in [0.05, 0.1) is 0 Å². The fourth-order valence-corrected chi connectivity index (χ4v) is 2.95. The van der Waals surface area contributed by atoms with Crippen molar-refractivity contribution in [3.63, 3.8) is 0 Å². The Bertz CT molecular complexity index is 1060. The van der Waals surface area contributed by atoms with Crippen LogP contribution in [-0.4, -0.2) is 17.7 Å². The molecule has 0 atom stereocenters. The van der Waals surface area contributed by atoms with Gasteiger partial charge in [-0.1, -0.05) is 49.1 Å². The van der Waals surface area contributed by atoms with Gasteiger partial charge < -0.3 is 14.7 Å². The maximum Gasteiger partial charge on any atom is 0.346 e. The zero-order valence-corrected chi connectivity index (χ0v) is 16.2. The molecule has 0 amide bonds. The number of hydrogen-bond acceptors (Lipinski definition) is 4. The van der Waals surface area contributed by atoms with Gasteiger partial charge in [0.1, 0.15) is 24.0 Å². The van der Waals surface area contributed by atoms with Crippen LogP contribution in [0.4, 0.5) is 17.1 Å². The molecule has 30 heavy (non-hydrogen) atoms. The summed E-state index contributed by atoms with van der Waals surface area (Å²) in [6.45, 7) is 3.77. The predicted molar refractivity (Wildman–Crippen MR) is 118 cm³/mol. The highest BCUT2D eigenvalue weighted by Gasteiger charge is 2.14. The lowest BCUT2D eigenvalue weighted by molar-refractivity contribution is -0.132. The van der Waals surface area contributed by atoms with Gasteiger partial charge in [0.15, 0.2) is 0 Å². The average Bonchev–Trinajstić information content (AvgIpc) is 2.78. The third-order valence-electron chi connectivity index (χ3n) is 4.38. The van der Waals surface area contributed by atoms with Crippen molar-refractivity contribution in [2.45, 2.75) is 0 Å². The van der Waals surface area contributed by atoms with Gasteiger partial charge in [-0.25, -0.2) is 4.79 Å². The number of carboxylic acids is 1. The van der Waals surface area contributed by atoms with E-state index in [0.717, 1.165) is 22.6 Å². The van der Waals surface area contributed by atoms with E-state index >= 15 is 0 Å². The first-order valence-corrected chi connectivity index (χ1v) is 9.27. The minimum absolute atomic E-state index is 0.0455. The first-order valence-electron chi connectivity index (χ1n) is 9.27. The lowest BCUT2D eigenvalue weighted by Gasteiger charge is -2.26. The minimum atomic E-state index is -1.28. The summed E-state index contributed by atoms with van der Waals surface area (Å²) < 4.78 is 5.78. The van der Waals surface area contributed by atoms with Crippen molar-refractivity contribution < 1.29 is 14.6 Å². The summed E-state index contributed by atoms with van der Waals surface area (Å²) in [5, 5.41) is 17.9. The first-order chi connectivity index (χ1) is 14.6. The summed E-state index contributed by atoms with van der Waals surface area (Å²) in [7, 11) is 0. The Balaban J connectivity index is 2.00. The summed E-state index contributed by atoms with van der Waals surface area (Å²) in [5.41, 5.74) is 3.25. The maximum atomic E-state index is 11.0. The fourth-order valence-electron chi connectivity index (χ4n) is 2.95. The molecule has 3 aromatic rings. The molecule has 0 fully saturated rings. The zero-order chi connectivity index (χ0) is 21.3. The van der Waals surface area contributed by atoms with Crippen molar-refractivity contribution in [1.29, 1.82) is 5.26 Å². The SMILES string of the molecule is C=Cc1ccc(N(c2ccccc2)c2ccccc2)cc1OC/C=C(\C#N)C(=O)O. The number of ether oxygens (including phenoxy) is 1. The molecule has 0 aromatic heterocycles. The molecule has 0 saturated carbocycles. The highest BCUT2D eigenvalue weighted by molar-refractivity contribution is 5.91. The van der Waals surface area contributed by atoms with Crippen molar-refractivity contribution in [2.75, 3.05) is 11.5 Å². The molecule has 0 unspecified atom stereocenters. The van der Waals surface area contributed by atoms with E-state index in [1.54, 1.807) is 12.1 Å². The molecule has 0 radical (unpaired) electrons. The molecule has 0 aliphatic rings. The highest BCUT2D eigenvalue weighted by atomic mass is 16.5. The molecular weight excluding hydrogens is 376 g/mol. The van der Waals surface area contributed by atoms with Gasteiger partial charge in [0.2, 0.25) is 0 Å². The van der Waals surface area contributed by atoms with Crippen molar-refractivity contribution >= 4 is 29.1 Å². The number of carbonyl (C=O) groups is 1. The standard InChI is InChI=1S/C25H20N2O3/c1-2-19-13-14-23(17-24(19)30-16-15-20(18-26)25(28)29)27(21-9-5-3-6-10-21)22-11-7-4-8-12-22/h2-15,17H,1,16H2,(H,28,29)/b20-15+. The molecule has 5 heteroatoms. The average molecular weight is 396 g/mol. The smallest absolute Gasteiger partial charge is 0.346 e. The Morgan fingerprint density at radius 1 is 1.00 bits per heavy atom. The molecule has 0 heterocycles. The van der Waals surface area contributed by atoms with E-state index in [4.69, 9.17) is 15.1 Å². The van der Waals surface area contributed by atoms with E-state index in [9.17, 15) is 4.79 Å². The Morgan fingerprint density at radius 3 is 2.10 bits per heavy atom. The second-order valence-electron chi connectivity index (χ2n) is 6.28. The van der Waals surface area contributed by atoms with Gasteiger partial charge in [0, 0.05) is 28.7 Å². The third kappa shape index (κ3) is 4.75. The van der Waals surface area contributed by atoms with Gasteiger partial charge in [0.25, 0.3) is 0 Å². The molecule has 148 valence electrons. The Labute approximate surface area is 175 Å². The van der Waals surface area contributed by atoms with Crippen LogP contribution in [0.2, 0.25) is 0 Å². The summed E-state index contributed by atoms with van der Waals surface area (Å²) in [4.78, 5) is 13.1. The lowest BCUT2D eigenvalue weighted by atomic mass is 10.1. The van der Waals surface area contributed by atoms with Crippen LogP contribution in [0.25, 0.3) is 6.08 Å². The normalized spacial score (nSPS) is 10.7. The number of hydrogen-bond donors (Lipinski definition) is 1. The molecule has 0 spiro atoms. The summed E-state index contributed by atoms with van der Waals surface area (Å²) >= 11 is 0. The predicted octanol–water partition coefficient (Wildman–Crippen LogP) is 5.71. The minimum Gasteiger partial charge on any atom is -0.489 e. The first kappa shape index (κ1) is 20.4. The lowest BCUT2D eigenvalue weighted by Crippen LogP contribution is -2.10. The highest BCUT2D eigenvalue weighted by Crippen LogP contribution is 2.37. The molecule has 5 nitrogen and oxygen atoms in total. The number of anilines is 3. The second-order valence-corrected chi connectivity index (χ2v) is 6.28. The number of benzene rings is 3. The fraction of sp³-hybridized carbons (Fsp3) is 0.0400. The van der Waals surface area contributed by atoms with E-state index in [2.05, 4.69) is 11.5 Å². The number of rotatable bonds is 8. The Morgan fingerprint density at radius 2 is 1.60 bits per heavy atom. The largest absolute Gasteiger partial charge is 0.489 e. The Kier molecular flexibility index (Phi) is 6.65. The Hall–Kier alpha value is -4.30. The molecule has 3 aromatic carbocycles. The molecule has 0 aliphatic carbocycles. The molecule has 0 aliphatic heterocycles.